The number of carbonyl (C=O) groups excluding carboxylic acids is 2. The van der Waals surface area contributed by atoms with E-state index in [1.165, 1.54) is 37.6 Å². The maximum Gasteiger partial charge on any atom is 0.261 e. The number of ether oxygens (including phenoxy) is 2. The Hall–Kier alpha value is -3.11. The summed E-state index contributed by atoms with van der Waals surface area (Å²) in [4.78, 5) is 25.9. The first kappa shape index (κ1) is 22.6. The molecular weight excluding hydrogens is 422 g/mol. The quantitative estimate of drug-likeness (QED) is 0.724. The molecule has 0 saturated carbocycles. The standard InChI is InChI=1S/C21H25N3O6S/c1-15(25)22-16-7-9-17(10-8-16)31(27,28)24-13-11-23(12-14-24)21(26)20-18(29-2)5-4-6-19(20)30-3/h4-10H,11-14H2,1-3H3,(H,22,25). The molecule has 1 aliphatic rings. The zero-order chi connectivity index (χ0) is 22.6. The van der Waals surface area contributed by atoms with Gasteiger partial charge in [-0.1, -0.05) is 6.07 Å². The SMILES string of the molecule is COc1cccc(OC)c1C(=O)N1CCN(S(=O)(=O)c2ccc(NC(C)=O)cc2)CC1. The first-order valence-corrected chi connectivity index (χ1v) is 11.1. The highest BCUT2D eigenvalue weighted by Crippen LogP contribution is 2.30. The second-order valence-corrected chi connectivity index (χ2v) is 8.88. The number of hydrogen-bond acceptors (Lipinski definition) is 6. The number of benzene rings is 2. The predicted molar refractivity (Wildman–Crippen MR) is 115 cm³/mol. The van der Waals surface area contributed by atoms with E-state index in [0.717, 1.165) is 0 Å². The number of rotatable bonds is 6. The minimum absolute atomic E-state index is 0.132. The van der Waals surface area contributed by atoms with Crippen molar-refractivity contribution in [3.05, 3.63) is 48.0 Å². The second kappa shape index (κ2) is 9.36. The van der Waals surface area contributed by atoms with Crippen molar-refractivity contribution in [1.82, 2.24) is 9.21 Å². The minimum Gasteiger partial charge on any atom is -0.496 e. The molecule has 1 fully saturated rings. The third-order valence-corrected chi connectivity index (χ3v) is 6.89. The third kappa shape index (κ3) is 4.80. The number of amides is 2. The topological polar surface area (TPSA) is 105 Å². The van der Waals surface area contributed by atoms with Gasteiger partial charge in [0.1, 0.15) is 17.1 Å². The van der Waals surface area contributed by atoms with Crippen LogP contribution < -0.4 is 14.8 Å². The number of methoxy groups -OCH3 is 2. The highest BCUT2D eigenvalue weighted by Gasteiger charge is 2.32. The molecule has 3 rings (SSSR count). The fourth-order valence-electron chi connectivity index (χ4n) is 3.41. The summed E-state index contributed by atoms with van der Waals surface area (Å²) in [6, 6.07) is 11.1. The Morgan fingerprint density at radius 1 is 0.903 bits per heavy atom. The van der Waals surface area contributed by atoms with E-state index in [0.29, 0.717) is 22.7 Å². The van der Waals surface area contributed by atoms with Crippen LogP contribution >= 0.6 is 0 Å². The summed E-state index contributed by atoms with van der Waals surface area (Å²) in [6.07, 6.45) is 0. The van der Waals surface area contributed by atoms with Gasteiger partial charge >= 0.3 is 0 Å². The Bertz CT molecular complexity index is 1040. The van der Waals surface area contributed by atoms with E-state index < -0.39 is 10.0 Å². The molecule has 0 bridgehead atoms. The van der Waals surface area contributed by atoms with Crippen molar-refractivity contribution < 1.29 is 27.5 Å². The molecule has 0 aromatic heterocycles. The van der Waals surface area contributed by atoms with Crippen molar-refractivity contribution in [2.45, 2.75) is 11.8 Å². The number of piperazine rings is 1. The zero-order valence-electron chi connectivity index (χ0n) is 17.6. The van der Waals surface area contributed by atoms with Crippen LogP contribution in [0, 0.1) is 0 Å². The molecule has 0 aliphatic carbocycles. The van der Waals surface area contributed by atoms with Crippen molar-refractivity contribution in [1.29, 1.82) is 0 Å². The molecule has 0 radical (unpaired) electrons. The van der Waals surface area contributed by atoms with E-state index in [-0.39, 0.29) is 42.9 Å². The number of nitrogens with zero attached hydrogens (tertiary/aromatic N) is 2. The molecule has 166 valence electrons. The monoisotopic (exact) mass is 447 g/mol. The van der Waals surface area contributed by atoms with Crippen LogP contribution in [0.1, 0.15) is 17.3 Å². The van der Waals surface area contributed by atoms with E-state index in [9.17, 15) is 18.0 Å². The van der Waals surface area contributed by atoms with Gasteiger partial charge in [0.15, 0.2) is 0 Å². The molecule has 2 aromatic rings. The van der Waals surface area contributed by atoms with Crippen LogP contribution in [0.4, 0.5) is 5.69 Å². The van der Waals surface area contributed by atoms with Crippen LogP contribution in [0.5, 0.6) is 11.5 Å². The number of anilines is 1. The molecule has 1 saturated heterocycles. The van der Waals surface area contributed by atoms with Crippen LogP contribution in [-0.4, -0.2) is 69.8 Å². The van der Waals surface area contributed by atoms with Gasteiger partial charge < -0.3 is 19.7 Å². The second-order valence-electron chi connectivity index (χ2n) is 6.94. The van der Waals surface area contributed by atoms with Crippen LogP contribution in [-0.2, 0) is 14.8 Å². The number of sulfonamides is 1. The van der Waals surface area contributed by atoms with Crippen molar-refractivity contribution in [2.75, 3.05) is 45.7 Å². The van der Waals surface area contributed by atoms with Gasteiger partial charge in [-0.2, -0.15) is 4.31 Å². The molecule has 1 N–H and O–H groups in total. The average molecular weight is 448 g/mol. The zero-order valence-corrected chi connectivity index (χ0v) is 18.4. The Morgan fingerprint density at radius 3 is 1.94 bits per heavy atom. The van der Waals surface area contributed by atoms with Crippen LogP contribution in [0.2, 0.25) is 0 Å². The van der Waals surface area contributed by atoms with Crippen molar-refractivity contribution in [2.24, 2.45) is 0 Å². The normalized spacial score (nSPS) is 14.7. The molecule has 1 heterocycles. The fraction of sp³-hybridized carbons (Fsp3) is 0.333. The molecule has 31 heavy (non-hydrogen) atoms. The van der Waals surface area contributed by atoms with E-state index in [2.05, 4.69) is 5.32 Å². The third-order valence-electron chi connectivity index (χ3n) is 4.98. The lowest BCUT2D eigenvalue weighted by molar-refractivity contribution is -0.114. The van der Waals surface area contributed by atoms with Gasteiger partial charge in [-0.05, 0) is 36.4 Å². The Labute approximate surface area is 181 Å². The Balaban J connectivity index is 1.72. The van der Waals surface area contributed by atoms with Crippen LogP contribution in [0.15, 0.2) is 47.4 Å². The molecular formula is C21H25N3O6S. The molecule has 10 heteroatoms. The number of carbonyl (C=O) groups is 2. The van der Waals surface area contributed by atoms with Gasteiger partial charge in [0.25, 0.3) is 5.91 Å². The van der Waals surface area contributed by atoms with Gasteiger partial charge in [0, 0.05) is 38.8 Å². The molecule has 0 atom stereocenters. The van der Waals surface area contributed by atoms with Gasteiger partial charge in [0.2, 0.25) is 15.9 Å². The first-order valence-electron chi connectivity index (χ1n) is 9.66. The molecule has 2 amide bonds. The lowest BCUT2D eigenvalue weighted by Crippen LogP contribution is -2.50. The molecule has 1 aliphatic heterocycles. The lowest BCUT2D eigenvalue weighted by atomic mass is 10.1. The minimum atomic E-state index is -3.71. The Kier molecular flexibility index (Phi) is 6.81. The van der Waals surface area contributed by atoms with E-state index in [4.69, 9.17) is 9.47 Å². The fourth-order valence-corrected chi connectivity index (χ4v) is 4.84. The summed E-state index contributed by atoms with van der Waals surface area (Å²) < 4.78 is 37.9. The lowest BCUT2D eigenvalue weighted by Gasteiger charge is -2.34. The molecule has 0 unspecified atom stereocenters. The van der Waals surface area contributed by atoms with E-state index in [1.54, 1.807) is 35.2 Å². The number of nitrogens with one attached hydrogen (secondary N) is 1. The molecule has 2 aromatic carbocycles. The summed E-state index contributed by atoms with van der Waals surface area (Å²) in [6.45, 7) is 2.19. The maximum atomic E-state index is 13.1. The summed E-state index contributed by atoms with van der Waals surface area (Å²) in [5.74, 6) is 0.298. The van der Waals surface area contributed by atoms with Gasteiger partial charge in [-0.15, -0.1) is 0 Å². The summed E-state index contributed by atoms with van der Waals surface area (Å²) in [7, 11) is -0.755. The first-order chi connectivity index (χ1) is 14.8. The smallest absolute Gasteiger partial charge is 0.261 e. The van der Waals surface area contributed by atoms with Crippen molar-refractivity contribution in [3.8, 4) is 11.5 Å². The summed E-state index contributed by atoms with van der Waals surface area (Å²) in [5, 5.41) is 2.60. The van der Waals surface area contributed by atoms with E-state index in [1.807, 2.05) is 0 Å². The van der Waals surface area contributed by atoms with Gasteiger partial charge in [-0.3, -0.25) is 9.59 Å². The Morgan fingerprint density at radius 2 is 1.45 bits per heavy atom. The molecule has 0 spiro atoms. The van der Waals surface area contributed by atoms with Gasteiger partial charge in [0.05, 0.1) is 19.1 Å². The highest BCUT2D eigenvalue weighted by atomic mass is 32.2. The maximum absolute atomic E-state index is 13.1. The largest absolute Gasteiger partial charge is 0.496 e. The van der Waals surface area contributed by atoms with Crippen molar-refractivity contribution in [3.63, 3.8) is 0 Å². The van der Waals surface area contributed by atoms with E-state index >= 15 is 0 Å². The highest BCUT2D eigenvalue weighted by molar-refractivity contribution is 7.89. The van der Waals surface area contributed by atoms with Gasteiger partial charge in [-0.25, -0.2) is 8.42 Å². The molecule has 9 nitrogen and oxygen atoms in total. The van der Waals surface area contributed by atoms with Crippen LogP contribution in [0.3, 0.4) is 0 Å². The predicted octanol–water partition coefficient (Wildman–Crippen LogP) is 1.81. The summed E-state index contributed by atoms with van der Waals surface area (Å²) in [5.41, 5.74) is 0.838. The number of hydrogen-bond donors (Lipinski definition) is 1. The average Bonchev–Trinajstić information content (AvgIpc) is 2.78. The summed E-state index contributed by atoms with van der Waals surface area (Å²) >= 11 is 0. The van der Waals surface area contributed by atoms with Crippen LogP contribution in [0.25, 0.3) is 0 Å². The van der Waals surface area contributed by atoms with Crippen molar-refractivity contribution >= 4 is 27.5 Å².